The number of ether oxygens (including phenoxy) is 2. The van der Waals surface area contributed by atoms with Crippen LogP contribution in [0.25, 0.3) is 10.9 Å². The maximum Gasteiger partial charge on any atom is 0.451 e. The number of aromatic nitrogens is 2. The summed E-state index contributed by atoms with van der Waals surface area (Å²) in [6.45, 7) is 3.73. The van der Waals surface area contributed by atoms with E-state index in [2.05, 4.69) is 15.3 Å². The molecule has 0 fully saturated rings. The first-order valence-corrected chi connectivity index (χ1v) is 8.23. The minimum absolute atomic E-state index is 0.0368. The van der Waals surface area contributed by atoms with Crippen molar-refractivity contribution in [2.75, 3.05) is 12.4 Å². The van der Waals surface area contributed by atoms with E-state index in [-0.39, 0.29) is 17.4 Å². The molecule has 1 heterocycles. The Morgan fingerprint density at radius 3 is 2.44 bits per heavy atom. The molecule has 0 saturated heterocycles. The molecule has 0 radical (unpaired) electrons. The number of nitrogens with one attached hydrogen (secondary N) is 1. The Balaban J connectivity index is 2.13. The number of para-hydroxylation sites is 2. The fourth-order valence-electron chi connectivity index (χ4n) is 2.51. The Bertz CT molecular complexity index is 959. The Hall–Kier alpha value is -3.03. The van der Waals surface area contributed by atoms with Crippen LogP contribution in [-0.4, -0.2) is 23.2 Å². The Labute approximate surface area is 154 Å². The summed E-state index contributed by atoms with van der Waals surface area (Å²) in [7, 11) is 1.44. The zero-order valence-corrected chi connectivity index (χ0v) is 15.0. The third-order valence-electron chi connectivity index (χ3n) is 3.66. The lowest BCUT2D eigenvalue weighted by Gasteiger charge is -2.17. The number of halogens is 3. The number of benzene rings is 2. The Kier molecular flexibility index (Phi) is 5.07. The van der Waals surface area contributed by atoms with Crippen LogP contribution < -0.4 is 14.8 Å². The van der Waals surface area contributed by atoms with Gasteiger partial charge in [0.1, 0.15) is 17.3 Å². The van der Waals surface area contributed by atoms with Gasteiger partial charge >= 0.3 is 6.18 Å². The molecule has 3 aromatic rings. The van der Waals surface area contributed by atoms with Gasteiger partial charge in [-0.1, -0.05) is 12.1 Å². The molecule has 0 saturated carbocycles. The third kappa shape index (κ3) is 4.21. The van der Waals surface area contributed by atoms with Crippen LogP contribution in [0.1, 0.15) is 19.7 Å². The molecule has 0 amide bonds. The van der Waals surface area contributed by atoms with Gasteiger partial charge in [-0.15, -0.1) is 0 Å². The molecule has 0 atom stereocenters. The fourth-order valence-corrected chi connectivity index (χ4v) is 2.51. The standard InChI is InChI=1S/C19H18F3N3O2/c1-11(2)27-16-7-5-4-6-14(16)23-17-13-9-8-12(26-3)10-15(13)24-18(25-17)19(20,21)22/h4-11H,1-3H3,(H,23,24,25). The first kappa shape index (κ1) is 18.8. The number of anilines is 2. The van der Waals surface area contributed by atoms with Crippen LogP contribution in [0.5, 0.6) is 11.5 Å². The third-order valence-corrected chi connectivity index (χ3v) is 3.66. The van der Waals surface area contributed by atoms with E-state index < -0.39 is 12.0 Å². The molecule has 142 valence electrons. The van der Waals surface area contributed by atoms with Gasteiger partial charge in [0.2, 0.25) is 5.82 Å². The normalized spacial score (nSPS) is 11.7. The van der Waals surface area contributed by atoms with Crippen molar-refractivity contribution in [1.82, 2.24) is 9.97 Å². The molecule has 0 bridgehead atoms. The highest BCUT2D eigenvalue weighted by Gasteiger charge is 2.35. The zero-order chi connectivity index (χ0) is 19.6. The first-order valence-electron chi connectivity index (χ1n) is 8.23. The fraction of sp³-hybridized carbons (Fsp3) is 0.263. The van der Waals surface area contributed by atoms with Crippen LogP contribution in [0, 0.1) is 0 Å². The van der Waals surface area contributed by atoms with Crippen LogP contribution in [-0.2, 0) is 6.18 Å². The molecule has 0 aliphatic heterocycles. The second kappa shape index (κ2) is 7.30. The average molecular weight is 377 g/mol. The van der Waals surface area contributed by atoms with Crippen LogP contribution in [0.3, 0.4) is 0 Å². The molecule has 0 aliphatic rings. The molecule has 0 spiro atoms. The van der Waals surface area contributed by atoms with Gasteiger partial charge in [-0.25, -0.2) is 9.97 Å². The first-order chi connectivity index (χ1) is 12.8. The summed E-state index contributed by atoms with van der Waals surface area (Å²) >= 11 is 0. The summed E-state index contributed by atoms with van der Waals surface area (Å²) in [6, 6.07) is 11.7. The highest BCUT2D eigenvalue weighted by molar-refractivity contribution is 5.92. The molecule has 5 nitrogen and oxygen atoms in total. The van der Waals surface area contributed by atoms with Crippen molar-refractivity contribution < 1.29 is 22.6 Å². The summed E-state index contributed by atoms with van der Waals surface area (Å²) in [5, 5.41) is 3.39. The van der Waals surface area contributed by atoms with Crippen molar-refractivity contribution in [2.24, 2.45) is 0 Å². The Morgan fingerprint density at radius 2 is 1.78 bits per heavy atom. The van der Waals surface area contributed by atoms with E-state index >= 15 is 0 Å². The van der Waals surface area contributed by atoms with Crippen molar-refractivity contribution in [3.05, 3.63) is 48.3 Å². The number of alkyl halides is 3. The molecule has 3 rings (SSSR count). The summed E-state index contributed by atoms with van der Waals surface area (Å²) in [6.07, 6.45) is -4.77. The topological polar surface area (TPSA) is 56.3 Å². The monoisotopic (exact) mass is 377 g/mol. The maximum atomic E-state index is 13.3. The molecule has 0 unspecified atom stereocenters. The van der Waals surface area contributed by atoms with Gasteiger partial charge in [0.15, 0.2) is 0 Å². The minimum Gasteiger partial charge on any atom is -0.497 e. The Morgan fingerprint density at radius 1 is 1.04 bits per heavy atom. The molecule has 1 aromatic heterocycles. The number of nitrogens with zero attached hydrogens (tertiary/aromatic N) is 2. The highest BCUT2D eigenvalue weighted by atomic mass is 19.4. The maximum absolute atomic E-state index is 13.3. The molecule has 1 N–H and O–H groups in total. The number of hydrogen-bond donors (Lipinski definition) is 1. The summed E-state index contributed by atoms with van der Waals surface area (Å²) in [5.74, 6) is -0.270. The van der Waals surface area contributed by atoms with E-state index in [0.717, 1.165) is 0 Å². The molecular weight excluding hydrogens is 359 g/mol. The zero-order valence-electron chi connectivity index (χ0n) is 15.0. The summed E-state index contributed by atoms with van der Waals surface area (Å²) < 4.78 is 50.6. The van der Waals surface area contributed by atoms with E-state index in [1.807, 2.05) is 13.8 Å². The predicted molar refractivity (Wildman–Crippen MR) is 96.6 cm³/mol. The van der Waals surface area contributed by atoms with Crippen molar-refractivity contribution >= 4 is 22.4 Å². The van der Waals surface area contributed by atoms with Gasteiger partial charge in [0, 0.05) is 11.5 Å². The molecule has 8 heteroatoms. The van der Waals surface area contributed by atoms with Crippen LogP contribution in [0.4, 0.5) is 24.7 Å². The second-order valence-electron chi connectivity index (χ2n) is 6.06. The van der Waals surface area contributed by atoms with Gasteiger partial charge in [0.25, 0.3) is 0 Å². The SMILES string of the molecule is COc1ccc2c(Nc3ccccc3OC(C)C)nc(C(F)(F)F)nc2c1. The number of fused-ring (bicyclic) bond motifs is 1. The van der Waals surface area contributed by atoms with Crippen LogP contribution in [0.15, 0.2) is 42.5 Å². The van der Waals surface area contributed by atoms with Gasteiger partial charge in [-0.05, 0) is 38.1 Å². The van der Waals surface area contributed by atoms with E-state index in [4.69, 9.17) is 9.47 Å². The lowest BCUT2D eigenvalue weighted by Crippen LogP contribution is -2.13. The lowest BCUT2D eigenvalue weighted by molar-refractivity contribution is -0.144. The summed E-state index contributed by atoms with van der Waals surface area (Å²) in [5.41, 5.74) is 0.636. The van der Waals surface area contributed by atoms with Gasteiger partial charge in [-0.2, -0.15) is 13.2 Å². The van der Waals surface area contributed by atoms with Crippen molar-refractivity contribution in [1.29, 1.82) is 0 Å². The average Bonchev–Trinajstić information content (AvgIpc) is 2.61. The molecule has 27 heavy (non-hydrogen) atoms. The number of methoxy groups -OCH3 is 1. The van der Waals surface area contributed by atoms with Crippen molar-refractivity contribution in [3.63, 3.8) is 0 Å². The van der Waals surface area contributed by atoms with Gasteiger partial charge in [-0.3, -0.25) is 0 Å². The minimum atomic E-state index is -4.68. The van der Waals surface area contributed by atoms with E-state index in [1.165, 1.54) is 13.2 Å². The van der Waals surface area contributed by atoms with Crippen LogP contribution in [0.2, 0.25) is 0 Å². The second-order valence-corrected chi connectivity index (χ2v) is 6.06. The highest BCUT2D eigenvalue weighted by Crippen LogP contribution is 2.35. The summed E-state index contributed by atoms with van der Waals surface area (Å²) in [4.78, 5) is 7.34. The molecular formula is C19H18F3N3O2. The predicted octanol–water partition coefficient (Wildman–Crippen LogP) is 5.19. The largest absolute Gasteiger partial charge is 0.497 e. The molecule has 0 aliphatic carbocycles. The lowest BCUT2D eigenvalue weighted by atomic mass is 10.2. The van der Waals surface area contributed by atoms with Crippen molar-refractivity contribution in [3.8, 4) is 11.5 Å². The number of rotatable bonds is 5. The number of hydrogen-bond acceptors (Lipinski definition) is 5. The molecule has 2 aromatic carbocycles. The van der Waals surface area contributed by atoms with E-state index in [9.17, 15) is 13.2 Å². The van der Waals surface area contributed by atoms with Gasteiger partial charge in [0.05, 0.1) is 24.4 Å². The van der Waals surface area contributed by atoms with E-state index in [0.29, 0.717) is 22.6 Å². The smallest absolute Gasteiger partial charge is 0.451 e. The quantitative estimate of drug-likeness (QED) is 0.663. The van der Waals surface area contributed by atoms with Crippen molar-refractivity contribution in [2.45, 2.75) is 26.1 Å². The van der Waals surface area contributed by atoms with E-state index in [1.54, 1.807) is 36.4 Å². The van der Waals surface area contributed by atoms with Crippen LogP contribution >= 0.6 is 0 Å². The van der Waals surface area contributed by atoms with Gasteiger partial charge < -0.3 is 14.8 Å².